The summed E-state index contributed by atoms with van der Waals surface area (Å²) in [7, 11) is 0. The highest BCUT2D eigenvalue weighted by Gasteiger charge is 2.20. The first-order chi connectivity index (χ1) is 11.8. The molecular weight excluding hydrogens is 349 g/mol. The normalized spacial score (nSPS) is 11.4. The van der Waals surface area contributed by atoms with E-state index in [0.29, 0.717) is 5.56 Å². The molecule has 3 rings (SSSR count). The van der Waals surface area contributed by atoms with Crippen molar-refractivity contribution in [2.24, 2.45) is 0 Å². The molecule has 6 nitrogen and oxygen atoms in total. The molecule has 0 unspecified atom stereocenters. The van der Waals surface area contributed by atoms with Crippen LogP contribution in [-0.2, 0) is 6.42 Å². The van der Waals surface area contributed by atoms with E-state index in [2.05, 4.69) is 10.1 Å². The van der Waals surface area contributed by atoms with Crippen LogP contribution in [0.4, 0.5) is 4.39 Å². The highest BCUT2D eigenvalue weighted by molar-refractivity contribution is 6.30. The number of nitrogens with zero attached hydrogens (tertiary/aromatic N) is 2. The Morgan fingerprint density at radius 2 is 2.12 bits per heavy atom. The summed E-state index contributed by atoms with van der Waals surface area (Å²) < 4.78 is 14.5. The van der Waals surface area contributed by atoms with Crippen molar-refractivity contribution in [1.82, 2.24) is 14.6 Å². The van der Waals surface area contributed by atoms with E-state index < -0.39 is 17.3 Å². The van der Waals surface area contributed by atoms with E-state index in [1.54, 1.807) is 6.07 Å². The standard InChI is InChI=1S/C17H15ClFN3O3/c1-8(2)13-7-14-20-15(17(24)25)10(16(23)22(14)21-13)5-9-3-4-12(19)11(18)6-9/h3-4,6-8,21H,5H2,1-2H3,(H,24,25). The van der Waals surface area contributed by atoms with Gasteiger partial charge in [-0.3, -0.25) is 9.89 Å². The number of aromatic carboxylic acids is 1. The molecule has 0 bridgehead atoms. The van der Waals surface area contributed by atoms with Crippen molar-refractivity contribution < 1.29 is 14.3 Å². The summed E-state index contributed by atoms with van der Waals surface area (Å²) >= 11 is 5.76. The first-order valence-electron chi connectivity index (χ1n) is 7.59. The van der Waals surface area contributed by atoms with E-state index in [1.165, 1.54) is 22.7 Å². The second-order valence-electron chi connectivity index (χ2n) is 6.03. The molecular formula is C17H15ClFN3O3. The van der Waals surface area contributed by atoms with Crippen LogP contribution in [0.2, 0.25) is 5.02 Å². The Kier molecular flexibility index (Phi) is 4.34. The van der Waals surface area contributed by atoms with Crippen molar-refractivity contribution in [3.63, 3.8) is 0 Å². The van der Waals surface area contributed by atoms with Crippen LogP contribution in [0, 0.1) is 5.82 Å². The molecule has 2 N–H and O–H groups in total. The molecule has 0 fully saturated rings. The highest BCUT2D eigenvalue weighted by Crippen LogP contribution is 2.19. The highest BCUT2D eigenvalue weighted by atomic mass is 35.5. The monoisotopic (exact) mass is 363 g/mol. The van der Waals surface area contributed by atoms with Crippen molar-refractivity contribution in [2.45, 2.75) is 26.2 Å². The summed E-state index contributed by atoms with van der Waals surface area (Å²) in [5, 5.41) is 12.3. The van der Waals surface area contributed by atoms with Gasteiger partial charge in [0.1, 0.15) is 5.82 Å². The zero-order valence-corrected chi connectivity index (χ0v) is 14.3. The van der Waals surface area contributed by atoms with E-state index in [4.69, 9.17) is 11.6 Å². The molecule has 0 saturated carbocycles. The number of aromatic amines is 1. The van der Waals surface area contributed by atoms with Crippen LogP contribution in [0.25, 0.3) is 5.65 Å². The Bertz CT molecular complexity index is 1040. The van der Waals surface area contributed by atoms with E-state index >= 15 is 0 Å². The van der Waals surface area contributed by atoms with Crippen molar-refractivity contribution in [3.8, 4) is 0 Å². The first-order valence-corrected chi connectivity index (χ1v) is 7.97. The molecule has 1 aromatic carbocycles. The van der Waals surface area contributed by atoms with Crippen molar-refractivity contribution in [2.75, 3.05) is 0 Å². The van der Waals surface area contributed by atoms with Gasteiger partial charge >= 0.3 is 5.97 Å². The van der Waals surface area contributed by atoms with Crippen LogP contribution in [0.1, 0.15) is 47.1 Å². The number of benzene rings is 1. The third kappa shape index (κ3) is 3.15. The number of fused-ring (bicyclic) bond motifs is 1. The molecule has 2 aromatic heterocycles. The second-order valence-corrected chi connectivity index (χ2v) is 6.44. The van der Waals surface area contributed by atoms with Gasteiger partial charge in [-0.1, -0.05) is 31.5 Å². The third-order valence-electron chi connectivity index (χ3n) is 3.92. The van der Waals surface area contributed by atoms with Gasteiger partial charge in [-0.25, -0.2) is 18.7 Å². The smallest absolute Gasteiger partial charge is 0.355 e. The van der Waals surface area contributed by atoms with Crippen molar-refractivity contribution in [1.29, 1.82) is 0 Å². The predicted molar refractivity (Wildman–Crippen MR) is 91.1 cm³/mol. The number of nitrogens with one attached hydrogen (secondary N) is 1. The Hall–Kier alpha value is -2.67. The quantitative estimate of drug-likeness (QED) is 0.745. The molecule has 8 heteroatoms. The number of H-pyrrole nitrogens is 1. The lowest BCUT2D eigenvalue weighted by atomic mass is 10.0. The molecule has 0 aliphatic heterocycles. The summed E-state index contributed by atoms with van der Waals surface area (Å²) in [5.74, 6) is -1.76. The average molecular weight is 364 g/mol. The molecule has 0 spiro atoms. The molecule has 0 aliphatic rings. The summed E-state index contributed by atoms with van der Waals surface area (Å²) in [4.78, 5) is 28.4. The van der Waals surface area contributed by atoms with Gasteiger partial charge < -0.3 is 5.11 Å². The predicted octanol–water partition coefficient (Wildman–Crippen LogP) is 3.23. The number of carbonyl (C=O) groups is 1. The number of carboxylic acids is 1. The van der Waals surface area contributed by atoms with Gasteiger partial charge in [-0.2, -0.15) is 0 Å². The van der Waals surface area contributed by atoms with Crippen molar-refractivity contribution in [3.05, 3.63) is 68.0 Å². The van der Waals surface area contributed by atoms with Crippen LogP contribution in [0.15, 0.2) is 29.1 Å². The molecule has 130 valence electrons. The number of carboxylic acid groups (broad SMARTS) is 1. The van der Waals surface area contributed by atoms with Crippen LogP contribution < -0.4 is 5.56 Å². The van der Waals surface area contributed by atoms with E-state index in [1.807, 2.05) is 13.8 Å². The lowest BCUT2D eigenvalue weighted by molar-refractivity contribution is 0.0689. The van der Waals surface area contributed by atoms with Crippen LogP contribution in [-0.4, -0.2) is 25.7 Å². The molecule has 0 atom stereocenters. The third-order valence-corrected chi connectivity index (χ3v) is 4.21. The number of hydrogen-bond donors (Lipinski definition) is 2. The molecule has 0 amide bonds. The molecule has 0 aliphatic carbocycles. The largest absolute Gasteiger partial charge is 0.476 e. The fraction of sp³-hybridized carbons (Fsp3) is 0.235. The van der Waals surface area contributed by atoms with E-state index in [0.717, 1.165) is 5.69 Å². The van der Waals surface area contributed by atoms with Gasteiger partial charge in [0.2, 0.25) is 0 Å². The maximum absolute atomic E-state index is 13.3. The topological polar surface area (TPSA) is 87.5 Å². The molecule has 0 radical (unpaired) electrons. The zero-order chi connectivity index (χ0) is 18.3. The Balaban J connectivity index is 2.19. The van der Waals surface area contributed by atoms with Gasteiger partial charge in [0.25, 0.3) is 5.56 Å². The number of rotatable bonds is 4. The fourth-order valence-corrected chi connectivity index (χ4v) is 2.77. The van der Waals surface area contributed by atoms with Gasteiger partial charge in [0.15, 0.2) is 11.3 Å². The van der Waals surface area contributed by atoms with Crippen molar-refractivity contribution >= 4 is 23.2 Å². The minimum atomic E-state index is -1.30. The van der Waals surface area contributed by atoms with Gasteiger partial charge in [0, 0.05) is 18.2 Å². The lowest BCUT2D eigenvalue weighted by Crippen LogP contribution is -2.25. The minimum absolute atomic E-state index is 0.00447. The van der Waals surface area contributed by atoms with Crippen LogP contribution in [0.3, 0.4) is 0 Å². The molecule has 25 heavy (non-hydrogen) atoms. The van der Waals surface area contributed by atoms with Gasteiger partial charge in [-0.05, 0) is 23.6 Å². The Labute approximate surface area is 146 Å². The van der Waals surface area contributed by atoms with Crippen LogP contribution >= 0.6 is 11.6 Å². The second kappa shape index (κ2) is 6.33. The van der Waals surface area contributed by atoms with E-state index in [-0.39, 0.29) is 34.3 Å². The maximum atomic E-state index is 13.3. The lowest BCUT2D eigenvalue weighted by Gasteiger charge is -2.07. The maximum Gasteiger partial charge on any atom is 0.355 e. The fourth-order valence-electron chi connectivity index (χ4n) is 2.56. The minimum Gasteiger partial charge on any atom is -0.476 e. The summed E-state index contributed by atoms with van der Waals surface area (Å²) in [6, 6.07) is 5.64. The summed E-state index contributed by atoms with van der Waals surface area (Å²) in [6.45, 7) is 3.88. The van der Waals surface area contributed by atoms with Gasteiger partial charge in [0.05, 0.1) is 10.6 Å². The summed E-state index contributed by atoms with van der Waals surface area (Å²) in [6.07, 6.45) is -0.0214. The Morgan fingerprint density at radius 3 is 2.72 bits per heavy atom. The molecule has 0 saturated heterocycles. The molecule has 3 aromatic rings. The average Bonchev–Trinajstić information content (AvgIpc) is 2.98. The number of halogens is 2. The Morgan fingerprint density at radius 1 is 1.40 bits per heavy atom. The zero-order valence-electron chi connectivity index (χ0n) is 13.5. The number of aromatic nitrogens is 3. The van der Waals surface area contributed by atoms with E-state index in [9.17, 15) is 19.1 Å². The van der Waals surface area contributed by atoms with Crippen LogP contribution in [0.5, 0.6) is 0 Å². The number of hydrogen-bond acceptors (Lipinski definition) is 3. The SMILES string of the molecule is CC(C)c1cc2nc(C(=O)O)c(Cc3ccc(F)c(Cl)c3)c(=O)n2[nH]1. The molecule has 2 heterocycles. The van der Waals surface area contributed by atoms with Gasteiger partial charge in [-0.15, -0.1) is 0 Å². The first kappa shape index (κ1) is 17.2. The summed E-state index contributed by atoms with van der Waals surface area (Å²) in [5.41, 5.74) is 0.706.